The van der Waals surface area contributed by atoms with Gasteiger partial charge in [-0.1, -0.05) is 23.7 Å². The fraction of sp³-hybridized carbons (Fsp3) is 0.286. The molecule has 2 heterocycles. The number of fused-ring (bicyclic) bond motifs is 1. The van der Waals surface area contributed by atoms with Crippen molar-refractivity contribution in [3.63, 3.8) is 0 Å². The number of anilines is 3. The fourth-order valence-electron chi connectivity index (χ4n) is 2.36. The second kappa shape index (κ2) is 5.64. The molecule has 0 saturated carbocycles. The molecule has 1 aromatic carbocycles. The van der Waals surface area contributed by atoms with Crippen LogP contribution in [0.1, 0.15) is 11.3 Å². The van der Waals surface area contributed by atoms with Crippen molar-refractivity contribution < 1.29 is 0 Å². The molecule has 104 valence electrons. The number of nitrogens with one attached hydrogen (secondary N) is 2. The van der Waals surface area contributed by atoms with Gasteiger partial charge in [-0.05, 0) is 25.1 Å². The standard InChI is InChI=1S/C14H16ClN5/c15-10-3-1-2-4-12(10)18-13-9-5-7-17-8-6-11(9)19-14(16)20-13/h1-4,17H,5-8H2,(H3,16,18,19,20). The van der Waals surface area contributed by atoms with E-state index in [0.717, 1.165) is 48.7 Å². The number of nitrogens with zero attached hydrogens (tertiary/aromatic N) is 2. The molecule has 0 spiro atoms. The number of nitrogens with two attached hydrogens (primary N) is 1. The lowest BCUT2D eigenvalue weighted by molar-refractivity contribution is 0.708. The molecule has 0 atom stereocenters. The van der Waals surface area contributed by atoms with E-state index in [-0.39, 0.29) is 0 Å². The van der Waals surface area contributed by atoms with Gasteiger partial charge in [0.1, 0.15) is 5.82 Å². The van der Waals surface area contributed by atoms with E-state index in [1.165, 1.54) is 0 Å². The van der Waals surface area contributed by atoms with Crippen molar-refractivity contribution in [2.24, 2.45) is 0 Å². The molecule has 1 aromatic heterocycles. The number of halogens is 1. The first kappa shape index (κ1) is 13.1. The zero-order valence-corrected chi connectivity index (χ0v) is 11.7. The average molecular weight is 290 g/mol. The highest BCUT2D eigenvalue weighted by atomic mass is 35.5. The molecule has 5 nitrogen and oxygen atoms in total. The summed E-state index contributed by atoms with van der Waals surface area (Å²) >= 11 is 6.18. The number of aromatic nitrogens is 2. The summed E-state index contributed by atoms with van der Waals surface area (Å²) in [4.78, 5) is 8.69. The summed E-state index contributed by atoms with van der Waals surface area (Å²) in [6.07, 6.45) is 1.74. The van der Waals surface area contributed by atoms with Crippen LogP contribution < -0.4 is 16.4 Å². The highest BCUT2D eigenvalue weighted by Crippen LogP contribution is 2.28. The Hall–Kier alpha value is -1.85. The van der Waals surface area contributed by atoms with Gasteiger partial charge in [0, 0.05) is 18.5 Å². The van der Waals surface area contributed by atoms with Crippen LogP contribution in [0.3, 0.4) is 0 Å². The highest BCUT2D eigenvalue weighted by Gasteiger charge is 2.16. The summed E-state index contributed by atoms with van der Waals surface area (Å²) in [7, 11) is 0. The third-order valence-corrected chi connectivity index (χ3v) is 3.66. The van der Waals surface area contributed by atoms with Crippen molar-refractivity contribution in [2.75, 3.05) is 24.1 Å². The van der Waals surface area contributed by atoms with Crippen molar-refractivity contribution in [1.82, 2.24) is 15.3 Å². The molecule has 1 aliphatic heterocycles. The molecule has 6 heteroatoms. The van der Waals surface area contributed by atoms with Gasteiger partial charge < -0.3 is 16.4 Å². The van der Waals surface area contributed by atoms with E-state index in [1.54, 1.807) is 0 Å². The van der Waals surface area contributed by atoms with Crippen molar-refractivity contribution in [1.29, 1.82) is 0 Å². The van der Waals surface area contributed by atoms with Gasteiger partial charge in [0.15, 0.2) is 0 Å². The molecule has 0 amide bonds. The lowest BCUT2D eigenvalue weighted by Gasteiger charge is -2.14. The van der Waals surface area contributed by atoms with Gasteiger partial charge in [0.25, 0.3) is 0 Å². The summed E-state index contributed by atoms with van der Waals surface area (Å²) in [5.74, 6) is 1.05. The topological polar surface area (TPSA) is 75.9 Å². The molecular weight excluding hydrogens is 274 g/mol. The van der Waals surface area contributed by atoms with E-state index in [1.807, 2.05) is 24.3 Å². The zero-order chi connectivity index (χ0) is 13.9. The Morgan fingerprint density at radius 3 is 2.80 bits per heavy atom. The molecule has 0 bridgehead atoms. The average Bonchev–Trinajstić information content (AvgIpc) is 2.66. The van der Waals surface area contributed by atoms with Crippen LogP contribution in [0, 0.1) is 0 Å². The summed E-state index contributed by atoms with van der Waals surface area (Å²) < 4.78 is 0. The zero-order valence-electron chi connectivity index (χ0n) is 11.0. The van der Waals surface area contributed by atoms with Gasteiger partial charge >= 0.3 is 0 Å². The minimum Gasteiger partial charge on any atom is -0.368 e. The lowest BCUT2D eigenvalue weighted by atomic mass is 10.1. The number of para-hydroxylation sites is 1. The monoisotopic (exact) mass is 289 g/mol. The van der Waals surface area contributed by atoms with Crippen LogP contribution >= 0.6 is 11.6 Å². The molecule has 0 fully saturated rings. The number of benzene rings is 1. The molecule has 0 saturated heterocycles. The second-order valence-corrected chi connectivity index (χ2v) is 5.12. The van der Waals surface area contributed by atoms with Crippen LogP contribution in [0.2, 0.25) is 5.02 Å². The molecular formula is C14H16ClN5. The number of hydrogen-bond acceptors (Lipinski definition) is 5. The Labute approximate surface area is 122 Å². The maximum atomic E-state index is 6.18. The van der Waals surface area contributed by atoms with E-state index in [4.69, 9.17) is 17.3 Å². The summed E-state index contributed by atoms with van der Waals surface area (Å²) in [5, 5.41) is 7.29. The molecule has 3 rings (SSSR count). The summed E-state index contributed by atoms with van der Waals surface area (Å²) in [5.41, 5.74) is 8.76. The van der Waals surface area contributed by atoms with Gasteiger partial charge in [-0.3, -0.25) is 0 Å². The van der Waals surface area contributed by atoms with Gasteiger partial charge in [0.2, 0.25) is 5.95 Å². The normalized spacial score (nSPS) is 14.4. The fourth-order valence-corrected chi connectivity index (χ4v) is 2.54. The van der Waals surface area contributed by atoms with Crippen LogP contribution in [0.5, 0.6) is 0 Å². The summed E-state index contributed by atoms with van der Waals surface area (Å²) in [6.45, 7) is 1.83. The van der Waals surface area contributed by atoms with E-state index in [2.05, 4.69) is 20.6 Å². The molecule has 0 aliphatic carbocycles. The van der Waals surface area contributed by atoms with Gasteiger partial charge in [-0.15, -0.1) is 0 Å². The van der Waals surface area contributed by atoms with Gasteiger partial charge in [-0.25, -0.2) is 4.98 Å². The Morgan fingerprint density at radius 2 is 1.95 bits per heavy atom. The number of hydrogen-bond donors (Lipinski definition) is 3. The Morgan fingerprint density at radius 1 is 1.15 bits per heavy atom. The third kappa shape index (κ3) is 2.69. The van der Waals surface area contributed by atoms with E-state index in [9.17, 15) is 0 Å². The lowest BCUT2D eigenvalue weighted by Crippen LogP contribution is -2.16. The van der Waals surface area contributed by atoms with Crippen LogP contribution in [-0.4, -0.2) is 23.1 Å². The van der Waals surface area contributed by atoms with E-state index < -0.39 is 0 Å². The largest absolute Gasteiger partial charge is 0.368 e. The number of nitrogen functional groups attached to an aromatic ring is 1. The minimum absolute atomic E-state index is 0.292. The Kier molecular flexibility index (Phi) is 3.71. The molecule has 4 N–H and O–H groups in total. The van der Waals surface area contributed by atoms with Crippen LogP contribution in [-0.2, 0) is 12.8 Å². The Balaban J connectivity index is 2.01. The predicted octanol–water partition coefficient (Wildman–Crippen LogP) is 2.14. The maximum Gasteiger partial charge on any atom is 0.222 e. The first-order valence-corrected chi connectivity index (χ1v) is 6.99. The van der Waals surface area contributed by atoms with E-state index in [0.29, 0.717) is 11.0 Å². The first-order chi connectivity index (χ1) is 9.74. The molecule has 2 aromatic rings. The number of rotatable bonds is 2. The smallest absolute Gasteiger partial charge is 0.222 e. The van der Waals surface area contributed by atoms with Crippen LogP contribution in [0.25, 0.3) is 0 Å². The molecule has 0 radical (unpaired) electrons. The minimum atomic E-state index is 0.292. The van der Waals surface area contributed by atoms with E-state index >= 15 is 0 Å². The third-order valence-electron chi connectivity index (χ3n) is 3.33. The van der Waals surface area contributed by atoms with Crippen molar-refractivity contribution in [2.45, 2.75) is 12.8 Å². The molecule has 1 aliphatic rings. The van der Waals surface area contributed by atoms with Crippen molar-refractivity contribution in [3.8, 4) is 0 Å². The Bertz CT molecular complexity index is 629. The first-order valence-electron chi connectivity index (χ1n) is 6.61. The predicted molar refractivity (Wildman–Crippen MR) is 81.5 cm³/mol. The SMILES string of the molecule is Nc1nc2c(c(Nc3ccccc3Cl)n1)CCNCC2. The second-order valence-electron chi connectivity index (χ2n) is 4.71. The molecule has 0 unspecified atom stereocenters. The quantitative estimate of drug-likeness (QED) is 0.790. The van der Waals surface area contributed by atoms with Crippen molar-refractivity contribution >= 4 is 29.1 Å². The van der Waals surface area contributed by atoms with Crippen LogP contribution in [0.15, 0.2) is 24.3 Å². The van der Waals surface area contributed by atoms with Crippen LogP contribution in [0.4, 0.5) is 17.5 Å². The maximum absolute atomic E-state index is 6.18. The molecule has 20 heavy (non-hydrogen) atoms. The van der Waals surface area contributed by atoms with Crippen molar-refractivity contribution in [3.05, 3.63) is 40.5 Å². The summed E-state index contributed by atoms with van der Waals surface area (Å²) in [6, 6.07) is 7.59. The van der Waals surface area contributed by atoms with Gasteiger partial charge in [0.05, 0.1) is 16.4 Å². The highest BCUT2D eigenvalue weighted by molar-refractivity contribution is 6.33. The van der Waals surface area contributed by atoms with Gasteiger partial charge in [-0.2, -0.15) is 4.98 Å².